The van der Waals surface area contributed by atoms with Crippen LogP contribution in [-0.2, 0) is 4.79 Å². The molecule has 2 aliphatic rings. The molecule has 3 nitrogen and oxygen atoms in total. The maximum absolute atomic E-state index is 12.0. The molecule has 3 atom stereocenters. The molecule has 0 aromatic carbocycles. The molecule has 0 radical (unpaired) electrons. The average Bonchev–Trinajstić information content (AvgIpc) is 2.62. The van der Waals surface area contributed by atoms with Crippen LogP contribution in [0.2, 0.25) is 0 Å². The van der Waals surface area contributed by atoms with E-state index in [0.717, 1.165) is 25.8 Å². The first-order valence-electron chi connectivity index (χ1n) is 5.71. The molecule has 0 bridgehead atoms. The number of hydrogen-bond acceptors (Lipinski definition) is 2. The molecule has 1 amide bonds. The van der Waals surface area contributed by atoms with Gasteiger partial charge in [0.05, 0.1) is 6.04 Å². The van der Waals surface area contributed by atoms with Gasteiger partial charge in [0.25, 0.3) is 0 Å². The van der Waals surface area contributed by atoms with E-state index in [2.05, 4.69) is 23.7 Å². The van der Waals surface area contributed by atoms with Gasteiger partial charge in [0.15, 0.2) is 0 Å². The third-order valence-corrected chi connectivity index (χ3v) is 3.82. The van der Waals surface area contributed by atoms with Gasteiger partial charge in [0.1, 0.15) is 0 Å². The number of nitrogens with one attached hydrogen (secondary N) is 1. The minimum atomic E-state index is -0.0116. The molecule has 3 heteroatoms. The Morgan fingerprint density at radius 1 is 1.67 bits per heavy atom. The zero-order chi connectivity index (χ0) is 11.1. The summed E-state index contributed by atoms with van der Waals surface area (Å²) in [6.07, 6.45) is 5.12. The number of carbonyl (C=O) groups is 1. The summed E-state index contributed by atoms with van der Waals surface area (Å²) < 4.78 is 0. The van der Waals surface area contributed by atoms with E-state index in [1.54, 1.807) is 0 Å². The summed E-state index contributed by atoms with van der Waals surface area (Å²) in [6, 6.07) is 0.0906. The van der Waals surface area contributed by atoms with E-state index in [0.29, 0.717) is 5.92 Å². The zero-order valence-corrected chi connectivity index (χ0v) is 9.62. The molecule has 1 aliphatic carbocycles. The largest absolute Gasteiger partial charge is 0.349 e. The summed E-state index contributed by atoms with van der Waals surface area (Å²) >= 11 is 0. The maximum Gasteiger partial charge on any atom is 0.237 e. The highest BCUT2D eigenvalue weighted by molar-refractivity contribution is 5.83. The summed E-state index contributed by atoms with van der Waals surface area (Å²) in [5.41, 5.74) is -0.0116. The van der Waals surface area contributed by atoms with Gasteiger partial charge < -0.3 is 5.32 Å². The van der Waals surface area contributed by atoms with Crippen LogP contribution in [0.3, 0.4) is 0 Å². The Morgan fingerprint density at radius 2 is 2.40 bits per heavy atom. The van der Waals surface area contributed by atoms with Gasteiger partial charge in [-0.05, 0) is 39.8 Å². The Balaban J connectivity index is 1.90. The lowest BCUT2D eigenvalue weighted by atomic mass is 10.1. The molecule has 0 spiro atoms. The molecule has 0 aromatic rings. The highest BCUT2D eigenvalue weighted by Crippen LogP contribution is 2.43. The predicted molar refractivity (Wildman–Crippen MR) is 60.5 cm³/mol. The number of carbonyl (C=O) groups excluding carboxylic acids is 1. The molecule has 84 valence electrons. The summed E-state index contributed by atoms with van der Waals surface area (Å²) in [6.45, 7) is 6.92. The Kier molecular flexibility index (Phi) is 2.59. The van der Waals surface area contributed by atoms with Gasteiger partial charge in [-0.1, -0.05) is 6.08 Å². The van der Waals surface area contributed by atoms with Crippen molar-refractivity contribution in [3.8, 4) is 0 Å². The van der Waals surface area contributed by atoms with E-state index < -0.39 is 0 Å². The van der Waals surface area contributed by atoms with Gasteiger partial charge in [-0.3, -0.25) is 9.69 Å². The summed E-state index contributed by atoms with van der Waals surface area (Å²) in [4.78, 5) is 14.1. The maximum atomic E-state index is 12.0. The number of amides is 1. The molecule has 0 aromatic heterocycles. The minimum absolute atomic E-state index is 0.0116. The van der Waals surface area contributed by atoms with Crippen LogP contribution in [0.5, 0.6) is 0 Å². The predicted octanol–water partition coefficient (Wildman–Crippen LogP) is 1.16. The molecule has 15 heavy (non-hydrogen) atoms. The Morgan fingerprint density at radius 3 is 2.87 bits per heavy atom. The van der Waals surface area contributed by atoms with Crippen molar-refractivity contribution in [2.45, 2.75) is 37.8 Å². The van der Waals surface area contributed by atoms with Crippen molar-refractivity contribution < 1.29 is 4.79 Å². The molecule has 1 N–H and O–H groups in total. The lowest BCUT2D eigenvalue weighted by Crippen LogP contribution is -2.46. The fraction of sp³-hybridized carbons (Fsp3) is 0.750. The van der Waals surface area contributed by atoms with Crippen molar-refractivity contribution in [3.05, 3.63) is 12.7 Å². The van der Waals surface area contributed by atoms with Crippen LogP contribution < -0.4 is 5.32 Å². The van der Waals surface area contributed by atoms with Crippen molar-refractivity contribution in [2.24, 2.45) is 5.92 Å². The third kappa shape index (κ3) is 1.93. The number of hydrogen-bond donors (Lipinski definition) is 1. The molecule has 3 unspecified atom stereocenters. The monoisotopic (exact) mass is 208 g/mol. The van der Waals surface area contributed by atoms with Crippen LogP contribution in [-0.4, -0.2) is 36.0 Å². The van der Waals surface area contributed by atoms with Crippen molar-refractivity contribution in [1.82, 2.24) is 10.2 Å². The minimum Gasteiger partial charge on any atom is -0.349 e. The zero-order valence-electron chi connectivity index (χ0n) is 9.62. The topological polar surface area (TPSA) is 32.3 Å². The van der Waals surface area contributed by atoms with E-state index in [4.69, 9.17) is 0 Å². The van der Waals surface area contributed by atoms with Crippen LogP contribution in [0.1, 0.15) is 26.2 Å². The van der Waals surface area contributed by atoms with Crippen LogP contribution in [0.4, 0.5) is 0 Å². The molecule has 1 heterocycles. The lowest BCUT2D eigenvalue weighted by molar-refractivity contribution is -0.126. The molecule has 2 rings (SSSR count). The molecular weight excluding hydrogens is 188 g/mol. The van der Waals surface area contributed by atoms with Crippen molar-refractivity contribution in [1.29, 1.82) is 0 Å². The highest BCUT2D eigenvalue weighted by Gasteiger charge is 2.50. The third-order valence-electron chi connectivity index (χ3n) is 3.82. The van der Waals surface area contributed by atoms with E-state index >= 15 is 0 Å². The SMILES string of the molecule is C=CC1CC1(C)NC(=O)C1CCCN1C. The van der Waals surface area contributed by atoms with Gasteiger partial charge >= 0.3 is 0 Å². The molecule has 1 aliphatic heterocycles. The second-order valence-corrected chi connectivity index (χ2v) is 5.09. The Bertz CT molecular complexity index is 289. The van der Waals surface area contributed by atoms with Crippen molar-refractivity contribution in [3.63, 3.8) is 0 Å². The van der Waals surface area contributed by atoms with Crippen LogP contribution in [0, 0.1) is 5.92 Å². The normalized spacial score (nSPS) is 40.1. The number of likely N-dealkylation sites (N-methyl/N-ethyl adjacent to an activating group) is 1. The average molecular weight is 208 g/mol. The Hall–Kier alpha value is -0.830. The van der Waals surface area contributed by atoms with Crippen LogP contribution in [0.25, 0.3) is 0 Å². The van der Waals surface area contributed by atoms with Gasteiger partial charge in [0, 0.05) is 11.5 Å². The van der Waals surface area contributed by atoms with E-state index in [1.165, 1.54) is 0 Å². The van der Waals surface area contributed by atoms with Gasteiger partial charge in [-0.15, -0.1) is 6.58 Å². The second-order valence-electron chi connectivity index (χ2n) is 5.09. The molecule has 1 saturated heterocycles. The van der Waals surface area contributed by atoms with E-state index in [-0.39, 0.29) is 17.5 Å². The lowest BCUT2D eigenvalue weighted by Gasteiger charge is -2.22. The first-order chi connectivity index (χ1) is 7.07. The first-order valence-corrected chi connectivity index (χ1v) is 5.71. The first kappa shape index (κ1) is 10.7. The van der Waals surface area contributed by atoms with Crippen LogP contribution >= 0.6 is 0 Å². The number of nitrogens with zero attached hydrogens (tertiary/aromatic N) is 1. The quantitative estimate of drug-likeness (QED) is 0.706. The standard InChI is InChI=1S/C12H20N2O/c1-4-9-8-12(9,2)13-11(15)10-6-5-7-14(10)3/h4,9-10H,1,5-8H2,2-3H3,(H,13,15). The number of rotatable bonds is 3. The van der Waals surface area contributed by atoms with Gasteiger partial charge in [-0.25, -0.2) is 0 Å². The van der Waals surface area contributed by atoms with Gasteiger partial charge in [0.2, 0.25) is 5.91 Å². The van der Waals surface area contributed by atoms with Crippen LogP contribution in [0.15, 0.2) is 12.7 Å². The van der Waals surface area contributed by atoms with E-state index in [1.807, 2.05) is 13.1 Å². The molecule has 1 saturated carbocycles. The Labute approximate surface area is 91.5 Å². The molecule has 2 fully saturated rings. The smallest absolute Gasteiger partial charge is 0.237 e. The summed E-state index contributed by atoms with van der Waals surface area (Å²) in [5.74, 6) is 0.662. The summed E-state index contributed by atoms with van der Waals surface area (Å²) in [5, 5.41) is 3.15. The van der Waals surface area contributed by atoms with Gasteiger partial charge in [-0.2, -0.15) is 0 Å². The second kappa shape index (κ2) is 3.63. The van der Waals surface area contributed by atoms with Crippen molar-refractivity contribution >= 4 is 5.91 Å². The fourth-order valence-electron chi connectivity index (χ4n) is 2.49. The molecular formula is C12H20N2O. The summed E-state index contributed by atoms with van der Waals surface area (Å²) in [7, 11) is 2.03. The van der Waals surface area contributed by atoms with Crippen molar-refractivity contribution in [2.75, 3.05) is 13.6 Å². The highest BCUT2D eigenvalue weighted by atomic mass is 16.2. The fourth-order valence-corrected chi connectivity index (χ4v) is 2.49. The van der Waals surface area contributed by atoms with E-state index in [9.17, 15) is 4.79 Å². The number of likely N-dealkylation sites (tertiary alicyclic amines) is 1.